The molecule has 1 aliphatic rings. The van der Waals surface area contributed by atoms with E-state index in [1.54, 1.807) is 20.5 Å². The van der Waals surface area contributed by atoms with Crippen molar-refractivity contribution in [3.8, 4) is 5.75 Å². The van der Waals surface area contributed by atoms with Gasteiger partial charge in [-0.1, -0.05) is 194 Å². The van der Waals surface area contributed by atoms with Crippen molar-refractivity contribution in [3.63, 3.8) is 0 Å². The summed E-state index contributed by atoms with van der Waals surface area (Å²) in [5.74, 6) is 0.702. The number of esters is 1. The molecule has 0 bridgehead atoms. The van der Waals surface area contributed by atoms with Crippen LogP contribution in [0.4, 0.5) is 5.82 Å². The third-order valence-corrected chi connectivity index (χ3v) is 13.8. The SMILES string of the molecule is COc1ccc(C(Nc2ncnc3c2ncn3[C@H]2CC[C@@H](COC(c3ccccc3)(c3ccccc3)c3ccccc3)[C@H](OC(=O)[C@@H](OC)c3ccccc3)C2)(c2ccccc2)c2ccccc2)cc1. The van der Waals surface area contributed by atoms with Gasteiger partial charge in [0.05, 0.1) is 20.0 Å². The van der Waals surface area contributed by atoms with Gasteiger partial charge >= 0.3 is 5.97 Å². The Morgan fingerprint density at radius 2 is 1.11 bits per heavy atom. The predicted octanol–water partition coefficient (Wildman–Crippen LogP) is 11.9. The molecular weight excluding hydrogens is 871 g/mol. The first-order chi connectivity index (χ1) is 34.5. The molecule has 1 saturated carbocycles. The first kappa shape index (κ1) is 45.8. The highest BCUT2D eigenvalue weighted by atomic mass is 16.6. The fourth-order valence-corrected chi connectivity index (χ4v) is 10.3. The third kappa shape index (κ3) is 8.95. The monoisotopic (exact) mass is 925 g/mol. The lowest BCUT2D eigenvalue weighted by Gasteiger charge is -2.41. The number of anilines is 1. The lowest BCUT2D eigenvalue weighted by molar-refractivity contribution is -0.169. The molecule has 10 heteroatoms. The Kier molecular flexibility index (Phi) is 13.6. The standard InChI is InChI=1S/C60H55N5O5/c1-67-52-37-34-47(35-38-52)59(45-23-11-4-12-24-45,46-25-13-5-14-26-46)64-56-54-57(62-41-61-56)65(42-63-54)51-36-33-44(53(39-51)70-58(66)55(68-2)43-21-9-3-10-22-43)40-69-60(48-27-15-6-16-28-48,49-29-17-7-18-30-49)50-31-19-8-20-32-50/h3-32,34-35,37-38,41-42,44,51,53,55H,33,36,39-40H2,1-2H3,(H,61,62,64)/t44-,51-,53+,55-/m0/s1. The molecule has 0 unspecified atom stereocenters. The number of nitrogens with one attached hydrogen (secondary N) is 1. The Bertz CT molecular complexity index is 2950. The van der Waals surface area contributed by atoms with Gasteiger partial charge in [0.15, 0.2) is 17.6 Å². The molecule has 0 aliphatic heterocycles. The van der Waals surface area contributed by atoms with Gasteiger partial charge in [-0.15, -0.1) is 0 Å². The topological polar surface area (TPSA) is 110 Å². The number of fused-ring (bicyclic) bond motifs is 1. The minimum absolute atomic E-state index is 0.128. The highest BCUT2D eigenvalue weighted by Gasteiger charge is 2.43. The van der Waals surface area contributed by atoms with Crippen molar-refractivity contribution in [2.45, 2.75) is 48.7 Å². The lowest BCUT2D eigenvalue weighted by Crippen LogP contribution is -2.41. The highest BCUT2D eigenvalue weighted by molar-refractivity contribution is 5.84. The van der Waals surface area contributed by atoms with Crippen LogP contribution in [0, 0.1) is 5.92 Å². The zero-order valence-electron chi connectivity index (χ0n) is 39.3. The van der Waals surface area contributed by atoms with E-state index >= 15 is 0 Å². The Balaban J connectivity index is 1.02. The van der Waals surface area contributed by atoms with E-state index in [1.807, 2.05) is 140 Å². The van der Waals surface area contributed by atoms with Crippen LogP contribution in [0.5, 0.6) is 5.75 Å². The van der Waals surface area contributed by atoms with E-state index in [-0.39, 0.29) is 12.0 Å². The van der Waals surface area contributed by atoms with Gasteiger partial charge in [-0.2, -0.15) is 0 Å². The van der Waals surface area contributed by atoms with Crippen molar-refractivity contribution in [1.82, 2.24) is 19.5 Å². The lowest BCUT2D eigenvalue weighted by atomic mass is 9.77. The average molecular weight is 926 g/mol. The van der Waals surface area contributed by atoms with E-state index in [9.17, 15) is 4.79 Å². The van der Waals surface area contributed by atoms with Crippen LogP contribution in [-0.2, 0) is 30.1 Å². The van der Waals surface area contributed by atoms with Crippen LogP contribution in [0.25, 0.3) is 11.2 Å². The van der Waals surface area contributed by atoms with Gasteiger partial charge in [-0.3, -0.25) is 0 Å². The number of hydrogen-bond donors (Lipinski definition) is 1. The Hall–Kier alpha value is -7.92. The molecule has 0 saturated heterocycles. The molecule has 2 heterocycles. The summed E-state index contributed by atoms with van der Waals surface area (Å²) >= 11 is 0. The second-order valence-electron chi connectivity index (χ2n) is 17.7. The summed E-state index contributed by atoms with van der Waals surface area (Å²) < 4.78 is 27.6. The molecule has 1 N–H and O–H groups in total. The molecule has 4 atom stereocenters. The van der Waals surface area contributed by atoms with Gasteiger partial charge < -0.3 is 28.8 Å². The number of nitrogens with zero attached hydrogens (tertiary/aromatic N) is 4. The first-order valence-electron chi connectivity index (χ1n) is 23.8. The van der Waals surface area contributed by atoms with E-state index in [2.05, 4.69) is 82.7 Å². The van der Waals surface area contributed by atoms with Crippen molar-refractivity contribution in [3.05, 3.63) is 258 Å². The second kappa shape index (κ2) is 20.7. The van der Waals surface area contributed by atoms with Crippen molar-refractivity contribution in [1.29, 1.82) is 0 Å². The zero-order chi connectivity index (χ0) is 47.8. The largest absolute Gasteiger partial charge is 0.497 e. The Labute approximate surface area is 408 Å². The number of aromatic nitrogens is 4. The number of methoxy groups -OCH3 is 2. The highest BCUT2D eigenvalue weighted by Crippen LogP contribution is 2.45. The van der Waals surface area contributed by atoms with Crippen LogP contribution in [0.2, 0.25) is 0 Å². The van der Waals surface area contributed by atoms with Crippen molar-refractivity contribution >= 4 is 23.0 Å². The second-order valence-corrected chi connectivity index (χ2v) is 17.7. The van der Waals surface area contributed by atoms with Crippen molar-refractivity contribution in [2.75, 3.05) is 26.1 Å². The molecule has 350 valence electrons. The average Bonchev–Trinajstić information content (AvgIpc) is 3.88. The first-order valence-corrected chi connectivity index (χ1v) is 23.8. The maximum Gasteiger partial charge on any atom is 0.340 e. The summed E-state index contributed by atoms with van der Waals surface area (Å²) in [4.78, 5) is 29.2. The molecule has 7 aromatic carbocycles. The number of carbonyl (C=O) groups excluding carboxylic acids is 1. The number of hydrogen-bond acceptors (Lipinski definition) is 9. The van der Waals surface area contributed by atoms with Gasteiger partial charge in [0, 0.05) is 25.5 Å². The number of rotatable bonds is 17. The van der Waals surface area contributed by atoms with Crippen LogP contribution in [0.3, 0.4) is 0 Å². The number of benzene rings is 7. The minimum atomic E-state index is -0.949. The Morgan fingerprint density at radius 3 is 1.63 bits per heavy atom. The third-order valence-electron chi connectivity index (χ3n) is 13.8. The number of carbonyl (C=O) groups is 1. The van der Waals surface area contributed by atoms with Gasteiger partial charge in [-0.25, -0.2) is 19.7 Å². The molecule has 1 fully saturated rings. The number of imidazole rings is 1. The summed E-state index contributed by atoms with van der Waals surface area (Å²) in [6.45, 7) is 0.305. The summed E-state index contributed by atoms with van der Waals surface area (Å²) in [5.41, 5.74) is 6.21. The maximum absolute atomic E-state index is 14.4. The molecule has 10 rings (SSSR count). The van der Waals surface area contributed by atoms with Crippen molar-refractivity contribution < 1.29 is 23.7 Å². The van der Waals surface area contributed by atoms with Gasteiger partial charge in [-0.05, 0) is 63.9 Å². The maximum atomic E-state index is 14.4. The molecule has 1 aliphatic carbocycles. The predicted molar refractivity (Wildman–Crippen MR) is 272 cm³/mol. The zero-order valence-corrected chi connectivity index (χ0v) is 39.3. The molecule has 2 aromatic heterocycles. The molecular formula is C60H55N5O5. The normalized spacial score (nSPS) is 16.6. The van der Waals surface area contributed by atoms with E-state index in [1.165, 1.54) is 0 Å². The molecule has 0 amide bonds. The van der Waals surface area contributed by atoms with Crippen LogP contribution < -0.4 is 10.1 Å². The summed E-state index contributed by atoms with van der Waals surface area (Å²) in [6.07, 6.45) is 3.91. The summed E-state index contributed by atoms with van der Waals surface area (Å²) in [6, 6.07) is 69.3. The van der Waals surface area contributed by atoms with E-state index in [0.29, 0.717) is 36.4 Å². The Morgan fingerprint density at radius 1 is 0.614 bits per heavy atom. The van der Waals surface area contributed by atoms with Gasteiger partial charge in [0.25, 0.3) is 0 Å². The fraction of sp³-hybridized carbons (Fsp3) is 0.200. The van der Waals surface area contributed by atoms with Crippen molar-refractivity contribution in [2.24, 2.45) is 5.92 Å². The molecule has 9 aromatic rings. The van der Waals surface area contributed by atoms with Gasteiger partial charge in [0.2, 0.25) is 0 Å². The fourth-order valence-electron chi connectivity index (χ4n) is 10.3. The molecule has 0 spiro atoms. The van der Waals surface area contributed by atoms with Crippen LogP contribution in [0.15, 0.2) is 219 Å². The van der Waals surface area contributed by atoms with Gasteiger partial charge in [0.1, 0.15) is 34.8 Å². The molecule has 10 nitrogen and oxygen atoms in total. The summed E-state index contributed by atoms with van der Waals surface area (Å²) in [7, 11) is 3.21. The van der Waals surface area contributed by atoms with E-state index in [0.717, 1.165) is 51.1 Å². The minimum Gasteiger partial charge on any atom is -0.497 e. The van der Waals surface area contributed by atoms with Crippen LogP contribution in [0.1, 0.15) is 70.4 Å². The van der Waals surface area contributed by atoms with E-state index in [4.69, 9.17) is 33.9 Å². The van der Waals surface area contributed by atoms with Crippen LogP contribution >= 0.6 is 0 Å². The molecule has 70 heavy (non-hydrogen) atoms. The van der Waals surface area contributed by atoms with E-state index < -0.39 is 29.3 Å². The molecule has 0 radical (unpaired) electrons. The number of ether oxygens (including phenoxy) is 4. The quantitative estimate of drug-likeness (QED) is 0.0705. The van der Waals surface area contributed by atoms with Crippen LogP contribution in [-0.4, -0.2) is 52.4 Å². The smallest absolute Gasteiger partial charge is 0.340 e. The summed E-state index contributed by atoms with van der Waals surface area (Å²) in [5, 5.41) is 3.92.